The van der Waals surface area contributed by atoms with Gasteiger partial charge in [0.15, 0.2) is 12.0 Å². The number of nitrogens with zero attached hydrogens (tertiary/aromatic N) is 7. The van der Waals surface area contributed by atoms with E-state index < -0.39 is 6.29 Å². The molecule has 11 nitrogen and oxygen atoms in total. The number of hydrogen-bond donors (Lipinski definition) is 0. The summed E-state index contributed by atoms with van der Waals surface area (Å²) in [5, 5.41) is 12.3. The SMILES string of the molecule is CCOC(Cn1cc(C(=O)N2CCN(C(C)c3nc(-c4ccc(C)cc4)no3)CC2)nn1)OCC. The molecule has 0 spiro atoms. The number of ether oxygens (including phenoxy) is 2. The number of hydrogen-bond acceptors (Lipinski definition) is 9. The predicted octanol–water partition coefficient (Wildman–Crippen LogP) is 2.55. The molecule has 1 saturated heterocycles. The van der Waals surface area contributed by atoms with Crippen molar-refractivity contribution in [3.63, 3.8) is 0 Å². The molecule has 0 N–H and O–H groups in total. The second-order valence-electron chi connectivity index (χ2n) is 8.49. The Morgan fingerprint density at radius 1 is 1.09 bits per heavy atom. The Morgan fingerprint density at radius 3 is 2.43 bits per heavy atom. The van der Waals surface area contributed by atoms with Gasteiger partial charge in [0.1, 0.15) is 0 Å². The minimum atomic E-state index is -0.420. The molecule has 1 atom stereocenters. The first kappa shape index (κ1) is 25.0. The lowest BCUT2D eigenvalue weighted by Gasteiger charge is -2.36. The van der Waals surface area contributed by atoms with Crippen LogP contribution >= 0.6 is 0 Å². The van der Waals surface area contributed by atoms with Crippen molar-refractivity contribution in [1.82, 2.24) is 34.9 Å². The van der Waals surface area contributed by atoms with Gasteiger partial charge in [-0.05, 0) is 27.7 Å². The highest BCUT2D eigenvalue weighted by Gasteiger charge is 2.29. The van der Waals surface area contributed by atoms with E-state index in [2.05, 4.69) is 25.4 Å². The van der Waals surface area contributed by atoms with E-state index in [1.165, 1.54) is 5.56 Å². The quantitative estimate of drug-likeness (QED) is 0.402. The van der Waals surface area contributed by atoms with E-state index in [1.54, 1.807) is 15.8 Å². The molecule has 0 aliphatic carbocycles. The van der Waals surface area contributed by atoms with Crippen LogP contribution in [0.2, 0.25) is 0 Å². The molecule has 0 radical (unpaired) electrons. The maximum Gasteiger partial charge on any atom is 0.276 e. The number of benzene rings is 1. The van der Waals surface area contributed by atoms with Gasteiger partial charge in [0, 0.05) is 45.0 Å². The Bertz CT molecular complexity index is 1080. The van der Waals surface area contributed by atoms with Gasteiger partial charge in [-0.3, -0.25) is 9.69 Å². The molecule has 1 aliphatic heterocycles. The van der Waals surface area contributed by atoms with E-state index in [0.717, 1.165) is 5.56 Å². The summed E-state index contributed by atoms with van der Waals surface area (Å²) in [6.07, 6.45) is 1.23. The third kappa shape index (κ3) is 6.11. The molecule has 2 aromatic heterocycles. The molecular weight excluding hydrogens is 450 g/mol. The number of carbonyl (C=O) groups excluding carboxylic acids is 1. The first-order valence-corrected chi connectivity index (χ1v) is 12.1. The fourth-order valence-corrected chi connectivity index (χ4v) is 4.02. The summed E-state index contributed by atoms with van der Waals surface area (Å²) in [6, 6.07) is 7.99. The van der Waals surface area contributed by atoms with Gasteiger partial charge in [0.2, 0.25) is 11.7 Å². The van der Waals surface area contributed by atoms with Crippen molar-refractivity contribution in [3.05, 3.63) is 47.6 Å². The molecule has 4 rings (SSSR count). The fourth-order valence-electron chi connectivity index (χ4n) is 4.02. The van der Waals surface area contributed by atoms with Gasteiger partial charge in [-0.1, -0.05) is 40.2 Å². The van der Waals surface area contributed by atoms with Crippen LogP contribution in [0.4, 0.5) is 0 Å². The van der Waals surface area contributed by atoms with Gasteiger partial charge < -0.3 is 18.9 Å². The van der Waals surface area contributed by atoms with Crippen molar-refractivity contribution in [3.8, 4) is 11.4 Å². The molecule has 1 aromatic carbocycles. The van der Waals surface area contributed by atoms with Crippen LogP contribution in [0.3, 0.4) is 0 Å². The average molecular weight is 484 g/mol. The van der Waals surface area contributed by atoms with Gasteiger partial charge in [0.25, 0.3) is 5.91 Å². The van der Waals surface area contributed by atoms with E-state index in [4.69, 9.17) is 14.0 Å². The average Bonchev–Trinajstić information content (AvgIpc) is 3.54. The Labute approximate surface area is 205 Å². The maximum absolute atomic E-state index is 13.0. The monoisotopic (exact) mass is 483 g/mol. The van der Waals surface area contributed by atoms with Gasteiger partial charge in [-0.2, -0.15) is 4.98 Å². The van der Waals surface area contributed by atoms with Crippen molar-refractivity contribution in [2.75, 3.05) is 39.4 Å². The molecule has 188 valence electrons. The summed E-state index contributed by atoms with van der Waals surface area (Å²) in [5.41, 5.74) is 2.42. The molecular formula is C24H33N7O4. The molecule has 0 saturated carbocycles. The number of piperazine rings is 1. The maximum atomic E-state index is 13.0. The van der Waals surface area contributed by atoms with Crippen LogP contribution in [0, 0.1) is 6.92 Å². The van der Waals surface area contributed by atoms with E-state index >= 15 is 0 Å². The third-order valence-corrected chi connectivity index (χ3v) is 6.06. The number of aryl methyl sites for hydroxylation is 1. The Hall–Kier alpha value is -3.15. The lowest BCUT2D eigenvalue weighted by Crippen LogP contribution is -2.49. The minimum Gasteiger partial charge on any atom is -0.351 e. The lowest BCUT2D eigenvalue weighted by molar-refractivity contribution is -0.145. The van der Waals surface area contributed by atoms with Gasteiger partial charge >= 0.3 is 0 Å². The summed E-state index contributed by atoms with van der Waals surface area (Å²) in [5.74, 6) is 1.02. The Morgan fingerprint density at radius 2 is 1.77 bits per heavy atom. The Balaban J connectivity index is 1.31. The Kier molecular flexibility index (Phi) is 8.21. The van der Waals surface area contributed by atoms with Crippen molar-refractivity contribution in [1.29, 1.82) is 0 Å². The van der Waals surface area contributed by atoms with Crippen LogP contribution in [0.15, 0.2) is 35.0 Å². The highest BCUT2D eigenvalue weighted by molar-refractivity contribution is 5.92. The largest absolute Gasteiger partial charge is 0.351 e. The van der Waals surface area contributed by atoms with E-state index in [-0.39, 0.29) is 11.9 Å². The zero-order valence-electron chi connectivity index (χ0n) is 20.8. The summed E-state index contributed by atoms with van der Waals surface area (Å²) in [6.45, 7) is 11.9. The van der Waals surface area contributed by atoms with Crippen LogP contribution in [-0.4, -0.2) is 86.5 Å². The summed E-state index contributed by atoms with van der Waals surface area (Å²) < 4.78 is 18.2. The van der Waals surface area contributed by atoms with Gasteiger partial charge in [0.05, 0.1) is 18.8 Å². The second-order valence-corrected chi connectivity index (χ2v) is 8.49. The van der Waals surface area contributed by atoms with Crippen LogP contribution in [0.1, 0.15) is 48.8 Å². The highest BCUT2D eigenvalue weighted by atomic mass is 16.7. The van der Waals surface area contributed by atoms with Crippen LogP contribution in [0.5, 0.6) is 0 Å². The normalized spacial score (nSPS) is 15.6. The zero-order chi connectivity index (χ0) is 24.8. The van der Waals surface area contributed by atoms with Crippen LogP contribution in [0.25, 0.3) is 11.4 Å². The summed E-state index contributed by atoms with van der Waals surface area (Å²) in [4.78, 5) is 21.6. The minimum absolute atomic E-state index is 0.0473. The first-order valence-electron chi connectivity index (χ1n) is 12.1. The van der Waals surface area contributed by atoms with Crippen molar-refractivity contribution < 1.29 is 18.8 Å². The molecule has 35 heavy (non-hydrogen) atoms. The highest BCUT2D eigenvalue weighted by Crippen LogP contribution is 2.24. The van der Waals surface area contributed by atoms with E-state index in [1.807, 2.05) is 52.0 Å². The standard InChI is InChI=1S/C24H33N7O4/c1-5-33-21(34-6-2)16-31-15-20(26-28-31)24(32)30-13-11-29(12-14-30)18(4)23-25-22(27-35-23)19-9-7-17(3)8-10-19/h7-10,15,18,21H,5-6,11-14,16H2,1-4H3. The van der Waals surface area contributed by atoms with Crippen molar-refractivity contribution in [2.24, 2.45) is 0 Å². The smallest absolute Gasteiger partial charge is 0.276 e. The number of aromatic nitrogens is 5. The van der Waals surface area contributed by atoms with Crippen molar-refractivity contribution in [2.45, 2.75) is 46.6 Å². The van der Waals surface area contributed by atoms with Gasteiger partial charge in [-0.15, -0.1) is 5.10 Å². The number of carbonyl (C=O) groups is 1. The molecule has 1 fully saturated rings. The lowest BCUT2D eigenvalue weighted by atomic mass is 10.1. The number of rotatable bonds is 10. The van der Waals surface area contributed by atoms with E-state index in [0.29, 0.717) is 63.3 Å². The topological polar surface area (TPSA) is 112 Å². The molecule has 1 unspecified atom stereocenters. The second kappa shape index (κ2) is 11.5. The first-order chi connectivity index (χ1) is 17.0. The molecule has 3 heterocycles. The molecule has 0 bridgehead atoms. The number of amides is 1. The molecule has 1 aliphatic rings. The summed E-state index contributed by atoms with van der Waals surface area (Å²) in [7, 11) is 0. The van der Waals surface area contributed by atoms with Crippen LogP contribution in [-0.2, 0) is 16.0 Å². The van der Waals surface area contributed by atoms with Gasteiger partial charge in [-0.25, -0.2) is 4.68 Å². The summed E-state index contributed by atoms with van der Waals surface area (Å²) >= 11 is 0. The van der Waals surface area contributed by atoms with Crippen LogP contribution < -0.4 is 0 Å². The third-order valence-electron chi connectivity index (χ3n) is 6.06. The molecule has 11 heteroatoms. The fraction of sp³-hybridized carbons (Fsp3) is 0.542. The molecule has 3 aromatic rings. The predicted molar refractivity (Wildman–Crippen MR) is 127 cm³/mol. The van der Waals surface area contributed by atoms with E-state index in [9.17, 15) is 4.79 Å². The molecule has 1 amide bonds. The van der Waals surface area contributed by atoms with Crippen molar-refractivity contribution >= 4 is 5.91 Å². The zero-order valence-corrected chi connectivity index (χ0v) is 20.8.